The maximum Gasteiger partial charge on any atom is 0.260 e. The van der Waals surface area contributed by atoms with Crippen LogP contribution in [-0.4, -0.2) is 36.9 Å². The number of hydrogen-bond donors (Lipinski definition) is 1. The molecular formula is C19H20Cl2N2O3. The van der Waals surface area contributed by atoms with E-state index in [4.69, 9.17) is 27.9 Å². The third-order valence-electron chi connectivity index (χ3n) is 3.81. The van der Waals surface area contributed by atoms with Gasteiger partial charge in [0, 0.05) is 12.7 Å². The lowest BCUT2D eigenvalue weighted by Crippen LogP contribution is -2.37. The number of halogens is 2. The van der Waals surface area contributed by atoms with Crippen molar-refractivity contribution in [2.75, 3.05) is 25.5 Å². The zero-order valence-corrected chi connectivity index (χ0v) is 16.3. The van der Waals surface area contributed by atoms with E-state index in [1.807, 2.05) is 32.0 Å². The van der Waals surface area contributed by atoms with Gasteiger partial charge in [-0.3, -0.25) is 9.59 Å². The van der Waals surface area contributed by atoms with Crippen molar-refractivity contribution in [3.8, 4) is 5.75 Å². The van der Waals surface area contributed by atoms with Crippen LogP contribution in [0, 0.1) is 13.8 Å². The summed E-state index contributed by atoms with van der Waals surface area (Å²) in [5.41, 5.74) is 2.69. The van der Waals surface area contributed by atoms with Crippen molar-refractivity contribution in [2.45, 2.75) is 13.8 Å². The van der Waals surface area contributed by atoms with Crippen molar-refractivity contribution in [3.63, 3.8) is 0 Å². The summed E-state index contributed by atoms with van der Waals surface area (Å²) >= 11 is 12.0. The van der Waals surface area contributed by atoms with E-state index in [-0.39, 0.29) is 30.7 Å². The Morgan fingerprint density at radius 3 is 2.15 bits per heavy atom. The molecule has 0 saturated heterocycles. The number of para-hydroxylation sites is 2. The van der Waals surface area contributed by atoms with Gasteiger partial charge >= 0.3 is 0 Å². The van der Waals surface area contributed by atoms with E-state index in [1.54, 1.807) is 18.2 Å². The zero-order valence-electron chi connectivity index (χ0n) is 14.8. The molecular weight excluding hydrogens is 375 g/mol. The Labute approximate surface area is 162 Å². The third kappa shape index (κ3) is 5.13. The lowest BCUT2D eigenvalue weighted by atomic mass is 10.1. The van der Waals surface area contributed by atoms with E-state index >= 15 is 0 Å². The Bertz CT molecular complexity index is 784. The van der Waals surface area contributed by atoms with Crippen molar-refractivity contribution in [3.05, 3.63) is 57.6 Å². The summed E-state index contributed by atoms with van der Waals surface area (Å²) in [4.78, 5) is 25.7. The van der Waals surface area contributed by atoms with Gasteiger partial charge in [0.15, 0.2) is 12.4 Å². The Hall–Kier alpha value is -2.24. The zero-order chi connectivity index (χ0) is 19.3. The first-order valence-electron chi connectivity index (χ1n) is 7.96. The number of carbonyl (C=O) groups excluding carboxylic acids is 2. The van der Waals surface area contributed by atoms with Crippen molar-refractivity contribution in [1.82, 2.24) is 4.90 Å². The summed E-state index contributed by atoms with van der Waals surface area (Å²) < 4.78 is 5.40. The van der Waals surface area contributed by atoms with Crippen molar-refractivity contribution in [2.24, 2.45) is 0 Å². The number of anilines is 1. The molecule has 0 heterocycles. The van der Waals surface area contributed by atoms with Gasteiger partial charge in [0.25, 0.3) is 5.91 Å². The molecule has 2 rings (SSSR count). The van der Waals surface area contributed by atoms with Crippen LogP contribution in [0.3, 0.4) is 0 Å². The summed E-state index contributed by atoms with van der Waals surface area (Å²) in [6.45, 7) is 3.47. The molecule has 0 aliphatic rings. The van der Waals surface area contributed by atoms with Crippen LogP contribution in [0.2, 0.25) is 10.0 Å². The van der Waals surface area contributed by atoms with E-state index in [9.17, 15) is 9.59 Å². The number of rotatable bonds is 6. The summed E-state index contributed by atoms with van der Waals surface area (Å²) in [6, 6.07) is 10.7. The molecule has 0 fully saturated rings. The number of nitrogens with zero attached hydrogens (tertiary/aromatic N) is 1. The predicted molar refractivity (Wildman–Crippen MR) is 104 cm³/mol. The maximum absolute atomic E-state index is 12.2. The molecule has 0 unspecified atom stereocenters. The van der Waals surface area contributed by atoms with Crippen LogP contribution in [-0.2, 0) is 9.59 Å². The van der Waals surface area contributed by atoms with Crippen molar-refractivity contribution < 1.29 is 14.3 Å². The fraction of sp³-hybridized carbons (Fsp3) is 0.263. The van der Waals surface area contributed by atoms with Crippen LogP contribution in [0.5, 0.6) is 5.75 Å². The van der Waals surface area contributed by atoms with Gasteiger partial charge < -0.3 is 15.0 Å². The van der Waals surface area contributed by atoms with Gasteiger partial charge in [-0.1, -0.05) is 47.5 Å². The van der Waals surface area contributed by atoms with Gasteiger partial charge in [-0.2, -0.15) is 0 Å². The molecule has 2 amide bonds. The lowest BCUT2D eigenvalue weighted by molar-refractivity contribution is -0.135. The fourth-order valence-electron chi connectivity index (χ4n) is 2.36. The standard InChI is InChI=1S/C19H20Cl2N2O3/c1-12-6-4-7-13(2)18(12)22-16(24)10-23(3)17(25)11-26-19-14(20)8-5-9-15(19)21/h4-9H,10-11H2,1-3H3,(H,22,24). The van der Waals surface area contributed by atoms with E-state index < -0.39 is 0 Å². The molecule has 0 atom stereocenters. The second-order valence-corrected chi connectivity index (χ2v) is 6.72. The van der Waals surface area contributed by atoms with E-state index in [0.717, 1.165) is 16.8 Å². The highest BCUT2D eigenvalue weighted by Crippen LogP contribution is 2.32. The molecule has 0 radical (unpaired) electrons. The first kappa shape index (κ1) is 20.1. The summed E-state index contributed by atoms with van der Waals surface area (Å²) in [7, 11) is 1.53. The number of aryl methyl sites for hydroxylation is 2. The largest absolute Gasteiger partial charge is 0.481 e. The molecule has 0 aliphatic heterocycles. The van der Waals surface area contributed by atoms with Crippen LogP contribution < -0.4 is 10.1 Å². The fourth-order valence-corrected chi connectivity index (χ4v) is 2.87. The minimum atomic E-state index is -0.363. The third-order valence-corrected chi connectivity index (χ3v) is 4.41. The molecule has 5 nitrogen and oxygen atoms in total. The molecule has 0 aromatic heterocycles. The second kappa shape index (κ2) is 8.92. The van der Waals surface area contributed by atoms with Crippen LogP contribution in [0.4, 0.5) is 5.69 Å². The number of hydrogen-bond acceptors (Lipinski definition) is 3. The summed E-state index contributed by atoms with van der Waals surface area (Å²) in [5.74, 6) is -0.399. The molecule has 7 heteroatoms. The van der Waals surface area contributed by atoms with Gasteiger partial charge in [0.2, 0.25) is 5.91 Å². The SMILES string of the molecule is Cc1cccc(C)c1NC(=O)CN(C)C(=O)COc1c(Cl)cccc1Cl. The van der Waals surface area contributed by atoms with E-state index in [2.05, 4.69) is 5.32 Å². The smallest absolute Gasteiger partial charge is 0.260 e. The van der Waals surface area contributed by atoms with E-state index in [1.165, 1.54) is 11.9 Å². The molecule has 2 aromatic carbocycles. The normalized spacial score (nSPS) is 10.3. The number of ether oxygens (including phenoxy) is 1. The Morgan fingerprint density at radius 2 is 1.58 bits per heavy atom. The number of carbonyl (C=O) groups is 2. The van der Waals surface area contributed by atoms with Crippen molar-refractivity contribution in [1.29, 1.82) is 0 Å². The number of nitrogens with one attached hydrogen (secondary N) is 1. The highest BCUT2D eigenvalue weighted by atomic mass is 35.5. The van der Waals surface area contributed by atoms with E-state index in [0.29, 0.717) is 10.0 Å². The van der Waals surface area contributed by atoms with Crippen LogP contribution >= 0.6 is 23.2 Å². The van der Waals surface area contributed by atoms with Crippen LogP contribution in [0.1, 0.15) is 11.1 Å². The molecule has 2 aromatic rings. The maximum atomic E-state index is 12.2. The number of benzene rings is 2. The summed E-state index contributed by atoms with van der Waals surface area (Å²) in [6.07, 6.45) is 0. The number of amides is 2. The molecule has 0 bridgehead atoms. The average Bonchev–Trinajstić information content (AvgIpc) is 2.57. The van der Waals surface area contributed by atoms with Crippen LogP contribution in [0.25, 0.3) is 0 Å². The minimum Gasteiger partial charge on any atom is -0.481 e. The van der Waals surface area contributed by atoms with Gasteiger partial charge in [-0.05, 0) is 37.1 Å². The predicted octanol–water partition coefficient (Wildman–Crippen LogP) is 4.09. The average molecular weight is 395 g/mol. The quantitative estimate of drug-likeness (QED) is 0.802. The monoisotopic (exact) mass is 394 g/mol. The van der Waals surface area contributed by atoms with Gasteiger partial charge in [0.1, 0.15) is 0 Å². The number of likely N-dealkylation sites (N-methyl/N-ethyl adjacent to an activating group) is 1. The lowest BCUT2D eigenvalue weighted by Gasteiger charge is -2.18. The molecule has 0 aliphatic carbocycles. The molecule has 26 heavy (non-hydrogen) atoms. The Kier molecular flexibility index (Phi) is 6.89. The Morgan fingerprint density at radius 1 is 1.04 bits per heavy atom. The molecule has 1 N–H and O–H groups in total. The van der Waals surface area contributed by atoms with Gasteiger partial charge in [-0.25, -0.2) is 0 Å². The topological polar surface area (TPSA) is 58.6 Å². The molecule has 138 valence electrons. The minimum absolute atomic E-state index is 0.0911. The first-order chi connectivity index (χ1) is 12.3. The Balaban J connectivity index is 1.91. The summed E-state index contributed by atoms with van der Waals surface area (Å²) in [5, 5.41) is 3.48. The van der Waals surface area contributed by atoms with Gasteiger partial charge in [0.05, 0.1) is 16.6 Å². The molecule has 0 spiro atoms. The highest BCUT2D eigenvalue weighted by Gasteiger charge is 2.16. The van der Waals surface area contributed by atoms with Crippen molar-refractivity contribution >= 4 is 40.7 Å². The first-order valence-corrected chi connectivity index (χ1v) is 8.72. The van der Waals surface area contributed by atoms with Gasteiger partial charge in [-0.15, -0.1) is 0 Å². The highest BCUT2D eigenvalue weighted by molar-refractivity contribution is 6.37. The van der Waals surface area contributed by atoms with Crippen LogP contribution in [0.15, 0.2) is 36.4 Å². The second-order valence-electron chi connectivity index (χ2n) is 5.90. The molecule has 0 saturated carbocycles.